The van der Waals surface area contributed by atoms with E-state index < -0.39 is 10.0 Å². The second-order valence-corrected chi connectivity index (χ2v) is 9.32. The van der Waals surface area contributed by atoms with Gasteiger partial charge in [0.2, 0.25) is 16.0 Å². The van der Waals surface area contributed by atoms with E-state index in [0.717, 1.165) is 31.2 Å². The molecule has 0 saturated heterocycles. The van der Waals surface area contributed by atoms with Crippen LogP contribution in [-0.4, -0.2) is 52.7 Å². The maximum absolute atomic E-state index is 11.8. The number of aromatic nitrogens is 4. The van der Waals surface area contributed by atoms with Gasteiger partial charge in [-0.25, -0.2) is 18.2 Å². The van der Waals surface area contributed by atoms with Gasteiger partial charge in [0.05, 0.1) is 12.5 Å². The summed E-state index contributed by atoms with van der Waals surface area (Å²) in [6, 6.07) is 1.93. The summed E-state index contributed by atoms with van der Waals surface area (Å²) in [5.74, 6) is 1.59. The molecular weight excluding hydrogens is 398 g/mol. The molecule has 0 aliphatic heterocycles. The Morgan fingerprint density at radius 1 is 1.38 bits per heavy atom. The third kappa shape index (κ3) is 5.62. The van der Waals surface area contributed by atoms with E-state index in [9.17, 15) is 13.2 Å². The fourth-order valence-electron chi connectivity index (χ4n) is 3.29. The van der Waals surface area contributed by atoms with Crippen LogP contribution < -0.4 is 15.4 Å². The van der Waals surface area contributed by atoms with Crippen LogP contribution in [0, 0.1) is 0 Å². The molecule has 2 unspecified atom stereocenters. The number of carbonyl (C=O) groups excluding carboxylic acids is 1. The highest BCUT2D eigenvalue weighted by Gasteiger charge is 2.30. The second kappa shape index (κ2) is 8.31. The van der Waals surface area contributed by atoms with Crippen molar-refractivity contribution in [3.05, 3.63) is 18.0 Å². The molecule has 2 heterocycles. The topological polar surface area (TPSA) is 143 Å². The minimum absolute atomic E-state index is 0.0419. The molecule has 1 aliphatic rings. The largest absolute Gasteiger partial charge is 0.446 e. The molecule has 1 saturated carbocycles. The average Bonchev–Trinajstić information content (AvgIpc) is 3.30. The molecule has 0 bridgehead atoms. The molecule has 3 rings (SSSR count). The summed E-state index contributed by atoms with van der Waals surface area (Å²) in [5.41, 5.74) is 0.951. The Morgan fingerprint density at radius 3 is 2.83 bits per heavy atom. The van der Waals surface area contributed by atoms with Gasteiger partial charge in [0.1, 0.15) is 11.9 Å². The number of amides is 1. The van der Waals surface area contributed by atoms with Crippen molar-refractivity contribution >= 4 is 33.7 Å². The van der Waals surface area contributed by atoms with Crippen molar-refractivity contribution in [2.75, 3.05) is 16.3 Å². The van der Waals surface area contributed by atoms with E-state index >= 15 is 0 Å². The molecule has 12 heteroatoms. The lowest BCUT2D eigenvalue weighted by molar-refractivity contribution is 0.0981. The maximum atomic E-state index is 11.8. The minimum atomic E-state index is -3.39. The van der Waals surface area contributed by atoms with Crippen molar-refractivity contribution in [2.45, 2.75) is 51.2 Å². The van der Waals surface area contributed by atoms with E-state index in [1.54, 1.807) is 11.6 Å². The van der Waals surface area contributed by atoms with E-state index in [2.05, 4.69) is 30.5 Å². The van der Waals surface area contributed by atoms with Crippen LogP contribution in [0.2, 0.25) is 0 Å². The number of ether oxygens (including phenoxy) is 1. The standard InChI is InChI=1S/C17H27N7O4S/c1-10(2)19-17(25)28-12-6-5-11(7-12)13-8-14(22-21-13)20-16-18-9-15(24(16)3)23-29(4,26)27/h8-12,23H,5-7H2,1-4H3,(H,19,25)(H2,18,20,21,22). The number of carbonyl (C=O) groups is 1. The van der Waals surface area contributed by atoms with Gasteiger partial charge in [-0.15, -0.1) is 0 Å². The number of nitrogens with zero attached hydrogens (tertiary/aromatic N) is 3. The lowest BCUT2D eigenvalue weighted by Gasteiger charge is -2.14. The van der Waals surface area contributed by atoms with E-state index in [1.165, 1.54) is 6.20 Å². The average molecular weight is 426 g/mol. The van der Waals surface area contributed by atoms with Gasteiger partial charge in [0, 0.05) is 30.8 Å². The quantitative estimate of drug-likeness (QED) is 0.531. The molecule has 29 heavy (non-hydrogen) atoms. The zero-order valence-corrected chi connectivity index (χ0v) is 17.7. The van der Waals surface area contributed by atoms with Crippen LogP contribution in [0.3, 0.4) is 0 Å². The minimum Gasteiger partial charge on any atom is -0.446 e. The lowest BCUT2D eigenvalue weighted by Crippen LogP contribution is -2.33. The van der Waals surface area contributed by atoms with Crippen molar-refractivity contribution in [1.29, 1.82) is 0 Å². The number of alkyl carbamates (subject to hydrolysis) is 1. The van der Waals surface area contributed by atoms with Gasteiger partial charge in [-0.05, 0) is 33.1 Å². The molecule has 2 aromatic heterocycles. The molecule has 1 amide bonds. The highest BCUT2D eigenvalue weighted by Crippen LogP contribution is 2.36. The number of anilines is 3. The van der Waals surface area contributed by atoms with E-state index in [1.807, 2.05) is 19.9 Å². The Labute approximate surface area is 169 Å². The summed E-state index contributed by atoms with van der Waals surface area (Å²) in [6.07, 6.45) is 4.45. The fourth-order valence-corrected chi connectivity index (χ4v) is 3.86. The van der Waals surface area contributed by atoms with Gasteiger partial charge >= 0.3 is 6.09 Å². The number of sulfonamides is 1. The molecule has 0 spiro atoms. The highest BCUT2D eigenvalue weighted by atomic mass is 32.2. The van der Waals surface area contributed by atoms with Gasteiger partial charge in [-0.3, -0.25) is 14.4 Å². The molecule has 0 aromatic carbocycles. The summed E-state index contributed by atoms with van der Waals surface area (Å²) in [4.78, 5) is 15.9. The van der Waals surface area contributed by atoms with Gasteiger partial charge < -0.3 is 15.4 Å². The zero-order valence-electron chi connectivity index (χ0n) is 16.9. The van der Waals surface area contributed by atoms with E-state index in [4.69, 9.17) is 4.74 Å². The van der Waals surface area contributed by atoms with Crippen LogP contribution in [0.1, 0.15) is 44.7 Å². The molecule has 2 aromatic rings. The van der Waals surface area contributed by atoms with E-state index in [-0.39, 0.29) is 24.2 Å². The molecule has 2 atom stereocenters. The van der Waals surface area contributed by atoms with Crippen LogP contribution in [-0.2, 0) is 21.8 Å². The second-order valence-electron chi connectivity index (χ2n) is 7.57. The number of hydrogen-bond donors (Lipinski definition) is 4. The van der Waals surface area contributed by atoms with Crippen LogP contribution in [0.15, 0.2) is 12.3 Å². The van der Waals surface area contributed by atoms with Crippen LogP contribution >= 0.6 is 0 Å². The Morgan fingerprint density at radius 2 is 2.14 bits per heavy atom. The number of hydrogen-bond acceptors (Lipinski definition) is 7. The number of imidazole rings is 1. The van der Waals surface area contributed by atoms with E-state index in [0.29, 0.717) is 17.6 Å². The van der Waals surface area contributed by atoms with Crippen molar-refractivity contribution in [1.82, 2.24) is 25.1 Å². The Hall–Kier alpha value is -2.76. The Kier molecular flexibility index (Phi) is 6.01. The summed E-state index contributed by atoms with van der Waals surface area (Å²) >= 11 is 0. The third-order valence-electron chi connectivity index (χ3n) is 4.62. The Bertz CT molecular complexity index is 966. The normalized spacial score (nSPS) is 19.3. The molecule has 0 radical (unpaired) electrons. The van der Waals surface area contributed by atoms with Crippen LogP contribution in [0.4, 0.5) is 22.4 Å². The summed E-state index contributed by atoms with van der Waals surface area (Å²) < 4.78 is 32.2. The number of aromatic amines is 1. The summed E-state index contributed by atoms with van der Waals surface area (Å²) in [6.45, 7) is 3.78. The molecule has 1 aliphatic carbocycles. The summed E-state index contributed by atoms with van der Waals surface area (Å²) in [7, 11) is -1.70. The molecule has 4 N–H and O–H groups in total. The maximum Gasteiger partial charge on any atom is 0.407 e. The molecule has 11 nitrogen and oxygen atoms in total. The SMILES string of the molecule is CC(C)NC(=O)OC1CCC(c2cc(Nc3ncc(NS(C)(=O)=O)n3C)n[nH]2)C1. The molecule has 1 fully saturated rings. The van der Waals surface area contributed by atoms with Crippen molar-refractivity contribution in [2.24, 2.45) is 7.05 Å². The zero-order chi connectivity index (χ0) is 21.2. The molecular formula is C17H27N7O4S. The predicted molar refractivity (Wildman–Crippen MR) is 109 cm³/mol. The number of H-pyrrole nitrogens is 1. The first-order valence-electron chi connectivity index (χ1n) is 9.39. The Balaban J connectivity index is 1.58. The van der Waals surface area contributed by atoms with Gasteiger partial charge in [-0.2, -0.15) is 5.10 Å². The van der Waals surface area contributed by atoms with Crippen molar-refractivity contribution in [3.8, 4) is 0 Å². The summed E-state index contributed by atoms with van der Waals surface area (Å²) in [5, 5.41) is 13.1. The lowest BCUT2D eigenvalue weighted by atomic mass is 10.0. The van der Waals surface area contributed by atoms with Gasteiger partial charge in [-0.1, -0.05) is 0 Å². The first-order valence-corrected chi connectivity index (χ1v) is 11.3. The van der Waals surface area contributed by atoms with Crippen molar-refractivity contribution < 1.29 is 17.9 Å². The first kappa shape index (κ1) is 21.0. The highest BCUT2D eigenvalue weighted by molar-refractivity contribution is 7.92. The number of rotatable bonds is 7. The monoisotopic (exact) mass is 425 g/mol. The number of nitrogens with one attached hydrogen (secondary N) is 4. The fraction of sp³-hybridized carbons (Fsp3) is 0.588. The smallest absolute Gasteiger partial charge is 0.407 e. The van der Waals surface area contributed by atoms with Crippen LogP contribution in [0.5, 0.6) is 0 Å². The van der Waals surface area contributed by atoms with Crippen molar-refractivity contribution in [3.63, 3.8) is 0 Å². The van der Waals surface area contributed by atoms with Crippen LogP contribution in [0.25, 0.3) is 0 Å². The van der Waals surface area contributed by atoms with Gasteiger partial charge in [0.15, 0.2) is 5.82 Å². The first-order chi connectivity index (χ1) is 13.6. The van der Waals surface area contributed by atoms with Gasteiger partial charge in [0.25, 0.3) is 0 Å². The third-order valence-corrected chi connectivity index (χ3v) is 5.20. The predicted octanol–water partition coefficient (Wildman–Crippen LogP) is 2.03. The molecule has 160 valence electrons.